The van der Waals surface area contributed by atoms with Crippen LogP contribution >= 0.6 is 0 Å². The molecule has 2 aliphatic heterocycles. The number of hydrogen-bond acceptors (Lipinski definition) is 5. The lowest BCUT2D eigenvalue weighted by Gasteiger charge is -2.18. The quantitative estimate of drug-likeness (QED) is 0.781. The van der Waals surface area contributed by atoms with E-state index in [1.807, 2.05) is 0 Å². The Morgan fingerprint density at radius 1 is 1.15 bits per heavy atom. The van der Waals surface area contributed by atoms with E-state index in [0.29, 0.717) is 0 Å². The normalized spacial score (nSPS) is 28.0. The van der Waals surface area contributed by atoms with Gasteiger partial charge in [-0.15, -0.1) is 0 Å². The van der Waals surface area contributed by atoms with Crippen molar-refractivity contribution in [3.8, 4) is 0 Å². The number of rotatable bonds is 5. The summed E-state index contributed by atoms with van der Waals surface area (Å²) in [5.41, 5.74) is 4.30. The molecule has 1 aromatic carbocycles. The summed E-state index contributed by atoms with van der Waals surface area (Å²) in [6.07, 6.45) is -5.85. The molecule has 0 unspecified atom stereocenters. The molecule has 7 nitrogen and oxygen atoms in total. The van der Waals surface area contributed by atoms with Crippen LogP contribution in [0.4, 0.5) is 13.2 Å². The van der Waals surface area contributed by atoms with Crippen molar-refractivity contribution in [2.75, 3.05) is 19.8 Å². The molecular formula is C16H17F3N2O5. The molecule has 2 fully saturated rings. The lowest BCUT2D eigenvalue weighted by Crippen LogP contribution is -2.44. The van der Waals surface area contributed by atoms with Gasteiger partial charge in [0.2, 0.25) is 5.91 Å². The monoisotopic (exact) mass is 374 g/mol. The number of hydrogen-bond donors (Lipinski definition) is 2. The minimum atomic E-state index is -4.46. The minimum Gasteiger partial charge on any atom is -0.370 e. The number of carbonyl (C=O) groups is 2. The zero-order valence-corrected chi connectivity index (χ0v) is 13.5. The van der Waals surface area contributed by atoms with Crippen LogP contribution in [0.25, 0.3) is 0 Å². The Labute approximate surface area is 146 Å². The van der Waals surface area contributed by atoms with E-state index in [0.717, 1.165) is 24.3 Å². The Balaban J connectivity index is 1.58. The van der Waals surface area contributed by atoms with Gasteiger partial charge in [-0.25, -0.2) is 0 Å². The fourth-order valence-corrected chi connectivity index (χ4v) is 2.98. The first kappa shape index (κ1) is 18.6. The molecule has 2 saturated heterocycles. The van der Waals surface area contributed by atoms with Gasteiger partial charge in [0, 0.05) is 5.56 Å². The first-order valence-electron chi connectivity index (χ1n) is 7.87. The predicted octanol–water partition coefficient (Wildman–Crippen LogP) is 0.472. The smallest absolute Gasteiger partial charge is 0.370 e. The Morgan fingerprint density at radius 3 is 2.42 bits per heavy atom. The van der Waals surface area contributed by atoms with E-state index < -0.39 is 47.9 Å². The highest BCUT2D eigenvalue weighted by Crippen LogP contribution is 2.30. The summed E-state index contributed by atoms with van der Waals surface area (Å²) in [5.74, 6) is -1.14. The molecule has 0 bridgehead atoms. The maximum Gasteiger partial charge on any atom is 0.416 e. The molecule has 2 amide bonds. The zero-order chi connectivity index (χ0) is 18.9. The van der Waals surface area contributed by atoms with Gasteiger partial charge < -0.3 is 25.3 Å². The first-order valence-corrected chi connectivity index (χ1v) is 7.87. The van der Waals surface area contributed by atoms with Gasteiger partial charge in [-0.1, -0.05) is 0 Å². The molecule has 2 aliphatic rings. The van der Waals surface area contributed by atoms with Crippen molar-refractivity contribution >= 4 is 11.8 Å². The third kappa shape index (κ3) is 3.97. The SMILES string of the molecule is NC(=O)CO[C@@H]1CO[C@H]2[C@H]1OC[C@H]2NC(=O)c1ccc(C(F)(F)F)cc1. The van der Waals surface area contributed by atoms with E-state index in [1.54, 1.807) is 0 Å². The zero-order valence-electron chi connectivity index (χ0n) is 13.5. The maximum atomic E-state index is 12.6. The summed E-state index contributed by atoms with van der Waals surface area (Å²) in [7, 11) is 0. The highest BCUT2D eigenvalue weighted by Gasteiger charge is 2.48. The number of alkyl halides is 3. The molecular weight excluding hydrogens is 357 g/mol. The molecule has 3 rings (SSSR count). The second-order valence-corrected chi connectivity index (χ2v) is 6.07. The van der Waals surface area contributed by atoms with E-state index >= 15 is 0 Å². The largest absolute Gasteiger partial charge is 0.416 e. The predicted molar refractivity (Wildman–Crippen MR) is 81.1 cm³/mol. The standard InChI is InChI=1S/C16H17F3N2O5/c17-16(18,19)9-3-1-8(2-4-9)15(23)21-10-5-25-14-11(6-26-13(10)14)24-7-12(20)22/h1-4,10-11,13-14H,5-7H2,(H2,20,22)(H,21,23)/t10-,11-,13-,14+/m1/s1. The molecule has 0 aliphatic carbocycles. The average molecular weight is 374 g/mol. The number of halogens is 3. The van der Waals surface area contributed by atoms with Crippen molar-refractivity contribution in [2.24, 2.45) is 5.73 Å². The summed E-state index contributed by atoms with van der Waals surface area (Å²) in [6.45, 7) is 0.0938. The summed E-state index contributed by atoms with van der Waals surface area (Å²) < 4.78 is 54.2. The van der Waals surface area contributed by atoms with Crippen molar-refractivity contribution < 1.29 is 37.0 Å². The van der Waals surface area contributed by atoms with E-state index in [4.69, 9.17) is 19.9 Å². The molecule has 3 N–H and O–H groups in total. The van der Waals surface area contributed by atoms with Crippen LogP contribution in [0, 0.1) is 0 Å². The summed E-state index contributed by atoms with van der Waals surface area (Å²) in [5, 5.41) is 2.69. The van der Waals surface area contributed by atoms with Gasteiger partial charge in [-0.3, -0.25) is 9.59 Å². The Morgan fingerprint density at radius 2 is 1.81 bits per heavy atom. The number of fused-ring (bicyclic) bond motifs is 1. The highest BCUT2D eigenvalue weighted by molar-refractivity contribution is 5.94. The van der Waals surface area contributed by atoms with Gasteiger partial charge in [0.25, 0.3) is 5.91 Å². The van der Waals surface area contributed by atoms with Crippen LogP contribution in [-0.4, -0.2) is 56.0 Å². The fourth-order valence-electron chi connectivity index (χ4n) is 2.98. The van der Waals surface area contributed by atoms with Crippen molar-refractivity contribution in [2.45, 2.75) is 30.5 Å². The van der Waals surface area contributed by atoms with Crippen LogP contribution in [0.5, 0.6) is 0 Å². The Hall–Kier alpha value is -2.17. The number of carbonyl (C=O) groups excluding carboxylic acids is 2. The van der Waals surface area contributed by atoms with E-state index in [9.17, 15) is 22.8 Å². The fraction of sp³-hybridized carbons (Fsp3) is 0.500. The molecule has 142 valence electrons. The molecule has 1 aromatic rings. The van der Waals surface area contributed by atoms with Gasteiger partial charge in [-0.05, 0) is 24.3 Å². The third-order valence-electron chi connectivity index (χ3n) is 4.24. The van der Waals surface area contributed by atoms with Crippen molar-refractivity contribution in [1.82, 2.24) is 5.32 Å². The second-order valence-electron chi connectivity index (χ2n) is 6.07. The van der Waals surface area contributed by atoms with Gasteiger partial charge in [0.1, 0.15) is 24.9 Å². The second kappa shape index (κ2) is 7.22. The number of benzene rings is 1. The van der Waals surface area contributed by atoms with E-state index in [2.05, 4.69) is 5.32 Å². The van der Waals surface area contributed by atoms with Crippen LogP contribution in [0.1, 0.15) is 15.9 Å². The summed E-state index contributed by atoms with van der Waals surface area (Å²) in [6, 6.07) is 3.45. The lowest BCUT2D eigenvalue weighted by atomic mass is 10.1. The molecule has 0 spiro atoms. The molecule has 4 atom stereocenters. The molecule has 0 aromatic heterocycles. The van der Waals surface area contributed by atoms with Gasteiger partial charge in [0.05, 0.1) is 24.8 Å². The Bertz CT molecular complexity index is 679. The Kier molecular flexibility index (Phi) is 5.17. The number of ether oxygens (including phenoxy) is 3. The number of primary amides is 1. The summed E-state index contributed by atoms with van der Waals surface area (Å²) in [4.78, 5) is 23.0. The van der Waals surface area contributed by atoms with Crippen LogP contribution < -0.4 is 11.1 Å². The van der Waals surface area contributed by atoms with Crippen LogP contribution in [0.2, 0.25) is 0 Å². The molecule has 0 radical (unpaired) electrons. The number of amides is 2. The lowest BCUT2D eigenvalue weighted by molar-refractivity contribution is -0.137. The third-order valence-corrected chi connectivity index (χ3v) is 4.24. The molecule has 26 heavy (non-hydrogen) atoms. The van der Waals surface area contributed by atoms with E-state index in [-0.39, 0.29) is 25.4 Å². The van der Waals surface area contributed by atoms with Gasteiger partial charge in [-0.2, -0.15) is 13.2 Å². The summed E-state index contributed by atoms with van der Waals surface area (Å²) >= 11 is 0. The van der Waals surface area contributed by atoms with Crippen LogP contribution in [0.3, 0.4) is 0 Å². The topological polar surface area (TPSA) is 99.9 Å². The minimum absolute atomic E-state index is 0.0981. The molecule has 2 heterocycles. The highest BCUT2D eigenvalue weighted by atomic mass is 19.4. The van der Waals surface area contributed by atoms with Crippen LogP contribution in [-0.2, 0) is 25.2 Å². The first-order chi connectivity index (χ1) is 12.3. The molecule has 10 heteroatoms. The van der Waals surface area contributed by atoms with Gasteiger partial charge >= 0.3 is 6.18 Å². The van der Waals surface area contributed by atoms with Crippen LogP contribution in [0.15, 0.2) is 24.3 Å². The number of nitrogens with two attached hydrogens (primary N) is 1. The molecule has 0 saturated carbocycles. The van der Waals surface area contributed by atoms with Crippen molar-refractivity contribution in [3.63, 3.8) is 0 Å². The van der Waals surface area contributed by atoms with E-state index in [1.165, 1.54) is 0 Å². The van der Waals surface area contributed by atoms with Crippen molar-refractivity contribution in [1.29, 1.82) is 0 Å². The van der Waals surface area contributed by atoms with Crippen molar-refractivity contribution in [3.05, 3.63) is 35.4 Å². The number of nitrogens with one attached hydrogen (secondary N) is 1. The average Bonchev–Trinajstić information content (AvgIpc) is 3.15. The maximum absolute atomic E-state index is 12.6. The van der Waals surface area contributed by atoms with Gasteiger partial charge in [0.15, 0.2) is 0 Å².